The zero-order chi connectivity index (χ0) is 21.0. The van der Waals surface area contributed by atoms with E-state index >= 15 is 0 Å². The van der Waals surface area contributed by atoms with Gasteiger partial charge >= 0.3 is 6.36 Å². The largest absolute Gasteiger partial charge is 0.573 e. The summed E-state index contributed by atoms with van der Waals surface area (Å²) >= 11 is 1.36. The van der Waals surface area contributed by atoms with E-state index in [1.54, 1.807) is 26.2 Å². The molecule has 0 aliphatic rings. The van der Waals surface area contributed by atoms with Gasteiger partial charge in [0.05, 0.1) is 5.69 Å². The summed E-state index contributed by atoms with van der Waals surface area (Å²) in [6, 6.07) is 12.5. The van der Waals surface area contributed by atoms with Gasteiger partial charge in [0.25, 0.3) is 5.91 Å². The van der Waals surface area contributed by atoms with Gasteiger partial charge in [0.15, 0.2) is 0 Å². The third kappa shape index (κ3) is 5.47. The van der Waals surface area contributed by atoms with Crippen molar-refractivity contribution in [1.82, 2.24) is 25.1 Å². The quantitative estimate of drug-likeness (QED) is 0.565. The predicted octanol–water partition coefficient (Wildman–Crippen LogP) is 3.56. The van der Waals surface area contributed by atoms with Crippen LogP contribution in [0, 0.1) is 0 Å². The average Bonchev–Trinajstić information content (AvgIpc) is 3.14. The maximum absolute atomic E-state index is 12.3. The summed E-state index contributed by atoms with van der Waals surface area (Å²) in [4.78, 5) is 13.4. The van der Waals surface area contributed by atoms with Crippen molar-refractivity contribution in [2.45, 2.75) is 17.3 Å². The number of benzene rings is 2. The molecule has 152 valence electrons. The highest BCUT2D eigenvalue weighted by Crippen LogP contribution is 2.26. The number of tetrazole rings is 1. The molecule has 0 unspecified atom stereocenters. The SMILES string of the molecule is CN(C)C(=O)c1ccc(CSc2nnnn2-c2ccc(OC(F)(F)F)cc2)cc1. The summed E-state index contributed by atoms with van der Waals surface area (Å²) in [6.45, 7) is 0. The Hall–Kier alpha value is -3.08. The molecule has 0 aliphatic carbocycles. The summed E-state index contributed by atoms with van der Waals surface area (Å²) in [7, 11) is 3.38. The van der Waals surface area contributed by atoms with Crippen molar-refractivity contribution in [2.75, 3.05) is 14.1 Å². The Morgan fingerprint density at radius 2 is 1.76 bits per heavy atom. The van der Waals surface area contributed by atoms with Crippen molar-refractivity contribution in [3.63, 3.8) is 0 Å². The van der Waals surface area contributed by atoms with Crippen LogP contribution in [0.5, 0.6) is 5.75 Å². The summed E-state index contributed by atoms with van der Waals surface area (Å²) in [6.07, 6.45) is -4.75. The Morgan fingerprint density at radius 3 is 2.34 bits per heavy atom. The van der Waals surface area contributed by atoms with Crippen molar-refractivity contribution >= 4 is 17.7 Å². The maximum atomic E-state index is 12.3. The molecule has 0 bridgehead atoms. The molecule has 7 nitrogen and oxygen atoms in total. The van der Waals surface area contributed by atoms with Crippen LogP contribution in [0.1, 0.15) is 15.9 Å². The fraction of sp³-hybridized carbons (Fsp3) is 0.222. The van der Waals surface area contributed by atoms with Crippen molar-refractivity contribution in [3.05, 3.63) is 59.7 Å². The molecule has 1 amide bonds. The Labute approximate surface area is 168 Å². The monoisotopic (exact) mass is 423 g/mol. The topological polar surface area (TPSA) is 73.1 Å². The van der Waals surface area contributed by atoms with E-state index < -0.39 is 6.36 Å². The number of thioether (sulfide) groups is 1. The molecule has 0 N–H and O–H groups in total. The molecule has 0 saturated heterocycles. The lowest BCUT2D eigenvalue weighted by Gasteiger charge is -2.10. The highest BCUT2D eigenvalue weighted by Gasteiger charge is 2.31. The molecule has 1 aromatic heterocycles. The first-order chi connectivity index (χ1) is 13.7. The van der Waals surface area contributed by atoms with E-state index in [2.05, 4.69) is 20.3 Å². The van der Waals surface area contributed by atoms with Crippen LogP contribution in [-0.4, -0.2) is 51.5 Å². The molecule has 11 heteroatoms. The third-order valence-corrected chi connectivity index (χ3v) is 4.72. The van der Waals surface area contributed by atoms with Gasteiger partial charge in [0.2, 0.25) is 5.16 Å². The average molecular weight is 423 g/mol. The molecule has 0 fully saturated rings. The second-order valence-corrected chi connectivity index (χ2v) is 7.04. The van der Waals surface area contributed by atoms with Gasteiger partial charge in [-0.05, 0) is 52.4 Å². The number of hydrogen-bond donors (Lipinski definition) is 0. The summed E-state index contributed by atoms with van der Waals surface area (Å²) < 4.78 is 42.1. The Morgan fingerprint density at radius 1 is 1.10 bits per heavy atom. The van der Waals surface area contributed by atoms with Crippen LogP contribution in [0.15, 0.2) is 53.7 Å². The number of amides is 1. The molecule has 3 aromatic rings. The molecular formula is C18H16F3N5O2S. The van der Waals surface area contributed by atoms with Crippen LogP contribution in [0.2, 0.25) is 0 Å². The fourth-order valence-electron chi connectivity index (χ4n) is 2.37. The number of halogens is 3. The van der Waals surface area contributed by atoms with Gasteiger partial charge in [0.1, 0.15) is 5.75 Å². The molecule has 1 heterocycles. The molecule has 29 heavy (non-hydrogen) atoms. The van der Waals surface area contributed by atoms with Crippen LogP contribution in [0.25, 0.3) is 5.69 Å². The van der Waals surface area contributed by atoms with Crippen LogP contribution < -0.4 is 4.74 Å². The smallest absolute Gasteiger partial charge is 0.406 e. The van der Waals surface area contributed by atoms with Crippen LogP contribution in [0.4, 0.5) is 13.2 Å². The normalized spacial score (nSPS) is 11.3. The van der Waals surface area contributed by atoms with E-state index in [9.17, 15) is 18.0 Å². The van der Waals surface area contributed by atoms with Crippen LogP contribution in [0.3, 0.4) is 0 Å². The highest BCUT2D eigenvalue weighted by molar-refractivity contribution is 7.98. The summed E-state index contributed by atoms with van der Waals surface area (Å²) in [5.74, 6) is 0.147. The van der Waals surface area contributed by atoms with Crippen molar-refractivity contribution in [1.29, 1.82) is 0 Å². The molecular weight excluding hydrogens is 407 g/mol. The van der Waals surface area contributed by atoms with Crippen LogP contribution >= 0.6 is 11.8 Å². The minimum atomic E-state index is -4.75. The maximum Gasteiger partial charge on any atom is 0.573 e. The van der Waals surface area contributed by atoms with Gasteiger partial charge in [-0.2, -0.15) is 4.68 Å². The first-order valence-electron chi connectivity index (χ1n) is 8.31. The molecule has 3 rings (SSSR count). The molecule has 2 aromatic carbocycles. The fourth-order valence-corrected chi connectivity index (χ4v) is 3.22. The number of nitrogens with zero attached hydrogens (tertiary/aromatic N) is 5. The van der Waals surface area contributed by atoms with Gasteiger partial charge in [-0.15, -0.1) is 18.3 Å². The minimum absolute atomic E-state index is 0.0777. The Balaban J connectivity index is 1.67. The lowest BCUT2D eigenvalue weighted by atomic mass is 10.1. The minimum Gasteiger partial charge on any atom is -0.406 e. The molecule has 0 saturated carbocycles. The van der Waals surface area contributed by atoms with Crippen molar-refractivity contribution in [2.24, 2.45) is 0 Å². The van der Waals surface area contributed by atoms with Crippen molar-refractivity contribution < 1.29 is 22.7 Å². The van der Waals surface area contributed by atoms with Gasteiger partial charge in [-0.1, -0.05) is 23.9 Å². The van der Waals surface area contributed by atoms with E-state index in [0.717, 1.165) is 5.56 Å². The van der Waals surface area contributed by atoms with E-state index in [1.807, 2.05) is 12.1 Å². The lowest BCUT2D eigenvalue weighted by molar-refractivity contribution is -0.274. The lowest BCUT2D eigenvalue weighted by Crippen LogP contribution is -2.21. The summed E-state index contributed by atoms with van der Waals surface area (Å²) in [5.41, 5.74) is 2.06. The second-order valence-electron chi connectivity index (χ2n) is 6.10. The standard InChI is InChI=1S/C18H16F3N5O2S/c1-25(2)16(27)13-5-3-12(4-6-13)11-29-17-22-23-24-26(17)14-7-9-15(10-8-14)28-18(19,20)21/h3-10H,11H2,1-2H3. The van der Waals surface area contributed by atoms with Crippen LogP contribution in [-0.2, 0) is 5.75 Å². The van der Waals surface area contributed by atoms with E-state index in [0.29, 0.717) is 22.2 Å². The van der Waals surface area contributed by atoms with E-state index in [-0.39, 0.29) is 11.7 Å². The Bertz CT molecular complexity index is 972. The molecule has 0 radical (unpaired) electrons. The zero-order valence-electron chi connectivity index (χ0n) is 15.4. The first kappa shape index (κ1) is 20.6. The number of hydrogen-bond acceptors (Lipinski definition) is 6. The number of aromatic nitrogens is 4. The third-order valence-electron chi connectivity index (χ3n) is 3.73. The van der Waals surface area contributed by atoms with Gasteiger partial charge in [-0.25, -0.2) is 0 Å². The number of carbonyl (C=O) groups excluding carboxylic acids is 1. The van der Waals surface area contributed by atoms with E-state index in [1.165, 1.54) is 45.6 Å². The predicted molar refractivity (Wildman–Crippen MR) is 99.9 cm³/mol. The summed E-state index contributed by atoms with van der Waals surface area (Å²) in [5, 5.41) is 11.9. The molecule has 0 atom stereocenters. The van der Waals surface area contributed by atoms with Gasteiger partial charge in [0, 0.05) is 25.4 Å². The molecule has 0 aliphatic heterocycles. The number of alkyl halides is 3. The molecule has 0 spiro atoms. The first-order valence-corrected chi connectivity index (χ1v) is 9.29. The number of ether oxygens (including phenoxy) is 1. The van der Waals surface area contributed by atoms with Crippen molar-refractivity contribution in [3.8, 4) is 11.4 Å². The number of carbonyl (C=O) groups is 1. The highest BCUT2D eigenvalue weighted by atomic mass is 32.2. The van der Waals surface area contributed by atoms with Gasteiger partial charge < -0.3 is 9.64 Å². The van der Waals surface area contributed by atoms with Gasteiger partial charge in [-0.3, -0.25) is 4.79 Å². The second kappa shape index (κ2) is 8.52. The zero-order valence-corrected chi connectivity index (χ0v) is 16.2. The van der Waals surface area contributed by atoms with E-state index in [4.69, 9.17) is 0 Å². The number of rotatable bonds is 6. The Kier molecular flexibility index (Phi) is 6.06.